The molecule has 138 valence electrons. The summed E-state index contributed by atoms with van der Waals surface area (Å²) in [4.78, 5) is 18.2. The van der Waals surface area contributed by atoms with Gasteiger partial charge >= 0.3 is 11.9 Å². The van der Waals surface area contributed by atoms with E-state index in [1.54, 1.807) is 0 Å². The fourth-order valence-corrected chi connectivity index (χ4v) is 2.40. The molecule has 1 aliphatic heterocycles. The molecule has 7 nitrogen and oxygen atoms in total. The highest BCUT2D eigenvalue weighted by molar-refractivity contribution is 6.31. The summed E-state index contributed by atoms with van der Waals surface area (Å²) in [6, 6.07) is 14.0. The average Bonchev–Trinajstić information content (AvgIpc) is 3.08. The number of aliphatic carboxylic acids is 2. The summed E-state index contributed by atoms with van der Waals surface area (Å²) < 4.78 is 10.7. The molecule has 0 amide bonds. The standard InChI is InChI=1S/C16H16ClNO2.C2H2O4/c17-14-4-2-1-3-13(14)10-18-8-7-12-5-6-15-16(9-12)20-11-19-15;3-1(4)2(5)6/h1-6,9,18H,7-8,10-11H2;(H,3,4)(H,5,6). The van der Waals surface area contributed by atoms with Crippen LogP contribution in [0.1, 0.15) is 11.1 Å². The van der Waals surface area contributed by atoms with Crippen molar-refractivity contribution in [3.8, 4) is 11.5 Å². The Bertz CT molecular complexity index is 768. The quantitative estimate of drug-likeness (QED) is 0.541. The van der Waals surface area contributed by atoms with Crippen LogP contribution < -0.4 is 14.8 Å². The van der Waals surface area contributed by atoms with Crippen LogP contribution in [0.5, 0.6) is 11.5 Å². The summed E-state index contributed by atoms with van der Waals surface area (Å²) >= 11 is 6.11. The molecule has 0 aromatic heterocycles. The molecule has 1 aliphatic rings. The van der Waals surface area contributed by atoms with Gasteiger partial charge in [-0.05, 0) is 42.3 Å². The Morgan fingerprint density at radius 2 is 1.73 bits per heavy atom. The highest BCUT2D eigenvalue weighted by Gasteiger charge is 2.12. The highest BCUT2D eigenvalue weighted by Crippen LogP contribution is 2.32. The van der Waals surface area contributed by atoms with Crippen LogP contribution in [-0.2, 0) is 22.6 Å². The average molecular weight is 380 g/mol. The van der Waals surface area contributed by atoms with Crippen molar-refractivity contribution in [1.29, 1.82) is 0 Å². The number of rotatable bonds is 5. The van der Waals surface area contributed by atoms with E-state index in [1.807, 2.05) is 36.4 Å². The lowest BCUT2D eigenvalue weighted by atomic mass is 10.1. The number of nitrogens with one attached hydrogen (secondary N) is 1. The van der Waals surface area contributed by atoms with Crippen LogP contribution in [0.4, 0.5) is 0 Å². The van der Waals surface area contributed by atoms with Gasteiger partial charge in [-0.15, -0.1) is 0 Å². The fraction of sp³-hybridized carbons (Fsp3) is 0.222. The minimum absolute atomic E-state index is 0.323. The van der Waals surface area contributed by atoms with Crippen molar-refractivity contribution in [2.45, 2.75) is 13.0 Å². The van der Waals surface area contributed by atoms with Gasteiger partial charge in [-0.25, -0.2) is 9.59 Å². The van der Waals surface area contributed by atoms with Crippen molar-refractivity contribution >= 4 is 23.5 Å². The second-order valence-electron chi connectivity index (χ2n) is 5.32. The maximum absolute atomic E-state index is 9.10. The Morgan fingerprint density at radius 1 is 1.04 bits per heavy atom. The zero-order valence-corrected chi connectivity index (χ0v) is 14.5. The van der Waals surface area contributed by atoms with E-state index in [0.717, 1.165) is 41.6 Å². The lowest BCUT2D eigenvalue weighted by Crippen LogP contribution is -2.16. The molecule has 3 N–H and O–H groups in total. The van der Waals surface area contributed by atoms with Crippen molar-refractivity contribution in [3.05, 3.63) is 58.6 Å². The Hall–Kier alpha value is -2.77. The van der Waals surface area contributed by atoms with Crippen molar-refractivity contribution in [2.75, 3.05) is 13.3 Å². The smallest absolute Gasteiger partial charge is 0.414 e. The van der Waals surface area contributed by atoms with Crippen molar-refractivity contribution < 1.29 is 29.3 Å². The number of halogens is 1. The Balaban J connectivity index is 0.000000352. The van der Waals surface area contributed by atoms with Gasteiger partial charge in [-0.1, -0.05) is 35.9 Å². The minimum Gasteiger partial charge on any atom is -0.473 e. The normalized spacial score (nSPS) is 11.4. The predicted octanol–water partition coefficient (Wildman–Crippen LogP) is 2.56. The van der Waals surface area contributed by atoms with Gasteiger partial charge in [-0.3, -0.25) is 0 Å². The SMILES string of the molecule is Clc1ccccc1CNCCc1ccc2c(c1)OCO2.O=C(O)C(=O)O. The number of hydrogen-bond acceptors (Lipinski definition) is 5. The van der Waals surface area contributed by atoms with Gasteiger partial charge in [0.1, 0.15) is 0 Å². The van der Waals surface area contributed by atoms with E-state index in [9.17, 15) is 0 Å². The molecule has 0 spiro atoms. The third-order valence-electron chi connectivity index (χ3n) is 3.48. The summed E-state index contributed by atoms with van der Waals surface area (Å²) in [6.45, 7) is 2.00. The largest absolute Gasteiger partial charge is 0.473 e. The monoisotopic (exact) mass is 379 g/mol. The van der Waals surface area contributed by atoms with E-state index in [4.69, 9.17) is 40.9 Å². The molecule has 26 heavy (non-hydrogen) atoms. The van der Waals surface area contributed by atoms with Crippen molar-refractivity contribution in [1.82, 2.24) is 5.32 Å². The maximum atomic E-state index is 9.10. The molecule has 1 heterocycles. The number of carbonyl (C=O) groups is 2. The predicted molar refractivity (Wildman–Crippen MR) is 94.7 cm³/mol. The number of ether oxygens (including phenoxy) is 2. The molecule has 0 atom stereocenters. The molecule has 0 unspecified atom stereocenters. The zero-order valence-electron chi connectivity index (χ0n) is 13.8. The van der Waals surface area contributed by atoms with Crippen LogP contribution in [0.3, 0.4) is 0 Å². The Labute approximate surface area is 155 Å². The molecule has 0 bridgehead atoms. The number of benzene rings is 2. The second-order valence-corrected chi connectivity index (χ2v) is 5.72. The molecule has 0 radical (unpaired) electrons. The van der Waals surface area contributed by atoms with Crippen LogP contribution in [0, 0.1) is 0 Å². The molecule has 3 rings (SSSR count). The first-order valence-electron chi connectivity index (χ1n) is 7.76. The van der Waals surface area contributed by atoms with Gasteiger partial charge in [0.15, 0.2) is 11.5 Å². The zero-order chi connectivity index (χ0) is 18.9. The molecule has 0 saturated carbocycles. The second kappa shape index (κ2) is 9.65. The third-order valence-corrected chi connectivity index (χ3v) is 3.85. The number of carboxylic acid groups (broad SMARTS) is 2. The van der Waals surface area contributed by atoms with Gasteiger partial charge in [0.2, 0.25) is 6.79 Å². The van der Waals surface area contributed by atoms with Gasteiger partial charge in [0.05, 0.1) is 0 Å². The Morgan fingerprint density at radius 3 is 2.42 bits per heavy atom. The summed E-state index contributed by atoms with van der Waals surface area (Å²) in [6.07, 6.45) is 0.946. The first-order chi connectivity index (χ1) is 12.5. The topological polar surface area (TPSA) is 105 Å². The summed E-state index contributed by atoms with van der Waals surface area (Å²) in [5.74, 6) is -1.98. The highest BCUT2D eigenvalue weighted by atomic mass is 35.5. The van der Waals surface area contributed by atoms with Gasteiger partial charge in [0.25, 0.3) is 0 Å². The lowest BCUT2D eigenvalue weighted by molar-refractivity contribution is -0.159. The summed E-state index contributed by atoms with van der Waals surface area (Å²) in [5, 5.41) is 19.0. The number of fused-ring (bicyclic) bond motifs is 1. The minimum atomic E-state index is -1.82. The van der Waals surface area contributed by atoms with Gasteiger partial charge in [0, 0.05) is 11.6 Å². The molecule has 0 saturated heterocycles. The molecular formula is C18H18ClNO6. The summed E-state index contributed by atoms with van der Waals surface area (Å²) in [5.41, 5.74) is 2.36. The maximum Gasteiger partial charge on any atom is 0.414 e. The number of hydrogen-bond donors (Lipinski definition) is 3. The van der Waals surface area contributed by atoms with Crippen molar-refractivity contribution in [3.63, 3.8) is 0 Å². The van der Waals surface area contributed by atoms with E-state index in [1.165, 1.54) is 5.56 Å². The van der Waals surface area contributed by atoms with Gasteiger partial charge < -0.3 is 25.0 Å². The molecular weight excluding hydrogens is 362 g/mol. The van der Waals surface area contributed by atoms with E-state index in [2.05, 4.69) is 11.4 Å². The van der Waals surface area contributed by atoms with Crippen LogP contribution in [0.15, 0.2) is 42.5 Å². The van der Waals surface area contributed by atoms with Crippen molar-refractivity contribution in [2.24, 2.45) is 0 Å². The van der Waals surface area contributed by atoms with E-state index in [0.29, 0.717) is 6.79 Å². The summed E-state index contributed by atoms with van der Waals surface area (Å²) in [7, 11) is 0. The first-order valence-corrected chi connectivity index (χ1v) is 8.14. The third kappa shape index (κ3) is 5.94. The van der Waals surface area contributed by atoms with E-state index in [-0.39, 0.29) is 0 Å². The van der Waals surface area contributed by atoms with Gasteiger partial charge in [-0.2, -0.15) is 0 Å². The molecule has 8 heteroatoms. The van der Waals surface area contributed by atoms with E-state index < -0.39 is 11.9 Å². The van der Waals surface area contributed by atoms with Crippen LogP contribution in [0.2, 0.25) is 5.02 Å². The molecule has 0 fully saturated rings. The molecule has 2 aromatic carbocycles. The molecule has 0 aliphatic carbocycles. The van der Waals surface area contributed by atoms with Crippen LogP contribution in [0.25, 0.3) is 0 Å². The van der Waals surface area contributed by atoms with Crippen LogP contribution >= 0.6 is 11.6 Å². The molecule has 2 aromatic rings. The van der Waals surface area contributed by atoms with E-state index >= 15 is 0 Å². The number of carboxylic acids is 2. The first kappa shape index (κ1) is 19.6. The Kier molecular flexibility index (Phi) is 7.25. The van der Waals surface area contributed by atoms with Crippen LogP contribution in [-0.4, -0.2) is 35.5 Å². The fourth-order valence-electron chi connectivity index (χ4n) is 2.19. The lowest BCUT2D eigenvalue weighted by Gasteiger charge is -2.07.